The van der Waals surface area contributed by atoms with Gasteiger partial charge in [0.05, 0.1) is 79.3 Å². The summed E-state index contributed by atoms with van der Waals surface area (Å²) in [6, 6.07) is 0. The van der Waals surface area contributed by atoms with E-state index in [-0.39, 0.29) is 84.9 Å². The number of rotatable bonds is 7. The summed E-state index contributed by atoms with van der Waals surface area (Å²) < 4.78 is 0. The van der Waals surface area contributed by atoms with Crippen LogP contribution in [-0.4, -0.2) is 152 Å². The smallest absolute Gasteiger partial charge is 0.330 e. The maximum atomic E-state index is 9.60. The number of aliphatic carboxylic acids is 1. The number of carboxylic acid groups (broad SMARTS) is 1. The third-order valence-corrected chi connectivity index (χ3v) is 0.965. The SMILES string of the molecule is C=C(C)C(=O)O.OCCO.OCCO.OCCO.OCCO.OCCO.OCCO. The van der Waals surface area contributed by atoms with Crippen LogP contribution in [0, 0.1) is 0 Å². The Balaban J connectivity index is -0.0000000414. The van der Waals surface area contributed by atoms with Crippen LogP contribution in [-0.2, 0) is 4.79 Å². The molecule has 0 atom stereocenters. The monoisotopic (exact) mass is 458 g/mol. The van der Waals surface area contributed by atoms with Gasteiger partial charge in [-0.3, -0.25) is 0 Å². The van der Waals surface area contributed by atoms with Crippen molar-refractivity contribution in [2.24, 2.45) is 0 Å². The normalized spacial score (nSPS) is 7.50. The fourth-order valence-corrected chi connectivity index (χ4v) is 0. The zero-order valence-electron chi connectivity index (χ0n) is 17.4. The predicted molar refractivity (Wildman–Crippen MR) is 107 cm³/mol. The Kier molecular flexibility index (Phi) is 110. The summed E-state index contributed by atoms with van der Waals surface area (Å²) in [5.41, 5.74) is 0.176. The lowest BCUT2D eigenvalue weighted by Crippen LogP contribution is -1.92. The van der Waals surface area contributed by atoms with Gasteiger partial charge >= 0.3 is 5.97 Å². The molecule has 0 spiro atoms. The van der Waals surface area contributed by atoms with Gasteiger partial charge in [0.25, 0.3) is 0 Å². The molecule has 0 heterocycles. The van der Waals surface area contributed by atoms with Gasteiger partial charge in [-0.1, -0.05) is 6.58 Å². The molecule has 0 aliphatic rings. The molecule has 30 heavy (non-hydrogen) atoms. The Morgan fingerprint density at radius 3 is 0.533 bits per heavy atom. The Labute approximate surface area is 176 Å². The van der Waals surface area contributed by atoms with Crippen molar-refractivity contribution in [3.63, 3.8) is 0 Å². The summed E-state index contributed by atoms with van der Waals surface area (Å²) in [6.07, 6.45) is 0. The first-order valence-corrected chi connectivity index (χ1v) is 8.33. The first kappa shape index (κ1) is 46.8. The molecule has 0 aromatic carbocycles. The molecule has 0 unspecified atom stereocenters. The maximum absolute atomic E-state index is 9.60. The molecular formula is C16H42O14. The van der Waals surface area contributed by atoms with Crippen LogP contribution in [0.15, 0.2) is 12.2 Å². The third kappa shape index (κ3) is 232. The van der Waals surface area contributed by atoms with E-state index >= 15 is 0 Å². The quantitative estimate of drug-likeness (QED) is 0.158. The molecule has 0 fully saturated rings. The van der Waals surface area contributed by atoms with Gasteiger partial charge in [0.2, 0.25) is 0 Å². The van der Waals surface area contributed by atoms with Crippen molar-refractivity contribution in [3.8, 4) is 0 Å². The lowest BCUT2D eigenvalue weighted by atomic mass is 10.4. The number of aliphatic hydroxyl groups excluding tert-OH is 12. The fraction of sp³-hybridized carbons (Fsp3) is 0.812. The van der Waals surface area contributed by atoms with Crippen LogP contribution >= 0.6 is 0 Å². The van der Waals surface area contributed by atoms with Crippen LogP contribution in [0.1, 0.15) is 6.92 Å². The summed E-state index contributed by atoms with van der Waals surface area (Å²) in [5, 5.41) is 99.4. The zero-order chi connectivity index (χ0) is 25.6. The van der Waals surface area contributed by atoms with E-state index in [1.54, 1.807) is 0 Å². The van der Waals surface area contributed by atoms with Crippen molar-refractivity contribution in [3.05, 3.63) is 12.2 Å². The van der Waals surface area contributed by atoms with Gasteiger partial charge in [0, 0.05) is 5.57 Å². The van der Waals surface area contributed by atoms with Crippen LogP contribution in [0.25, 0.3) is 0 Å². The Morgan fingerprint density at radius 1 is 0.467 bits per heavy atom. The van der Waals surface area contributed by atoms with Crippen molar-refractivity contribution in [1.29, 1.82) is 0 Å². The number of hydrogen-bond donors (Lipinski definition) is 13. The van der Waals surface area contributed by atoms with E-state index in [0.29, 0.717) is 0 Å². The average molecular weight is 458 g/mol. The fourth-order valence-electron chi connectivity index (χ4n) is 0. The molecule has 0 aromatic heterocycles. The van der Waals surface area contributed by atoms with Gasteiger partial charge in [-0.2, -0.15) is 0 Å². The van der Waals surface area contributed by atoms with Gasteiger partial charge in [-0.15, -0.1) is 0 Å². The Bertz CT molecular complexity index is 187. The lowest BCUT2D eigenvalue weighted by Gasteiger charge is -1.79. The van der Waals surface area contributed by atoms with Gasteiger partial charge in [0.15, 0.2) is 0 Å². The van der Waals surface area contributed by atoms with Crippen molar-refractivity contribution in [2.75, 3.05) is 79.3 Å². The van der Waals surface area contributed by atoms with E-state index in [9.17, 15) is 4.79 Å². The summed E-state index contributed by atoms with van der Waals surface area (Å²) in [5.74, 6) is -0.935. The second kappa shape index (κ2) is 70.8. The van der Waals surface area contributed by atoms with Gasteiger partial charge in [-0.05, 0) is 6.92 Å². The van der Waals surface area contributed by atoms with E-state index in [4.69, 9.17) is 66.4 Å². The summed E-state index contributed by atoms with van der Waals surface area (Å²) in [4.78, 5) is 9.60. The van der Waals surface area contributed by atoms with E-state index < -0.39 is 5.97 Å². The molecule has 0 saturated heterocycles. The van der Waals surface area contributed by atoms with Crippen molar-refractivity contribution in [1.82, 2.24) is 0 Å². The molecule has 0 aromatic rings. The maximum Gasteiger partial charge on any atom is 0.330 e. The first-order chi connectivity index (χ1) is 14.1. The van der Waals surface area contributed by atoms with Crippen LogP contribution in [0.5, 0.6) is 0 Å². The molecule has 0 rings (SSSR count). The van der Waals surface area contributed by atoms with Crippen LogP contribution < -0.4 is 0 Å². The number of carboxylic acids is 1. The van der Waals surface area contributed by atoms with Gasteiger partial charge < -0.3 is 66.4 Å². The Hall–Kier alpha value is -1.27. The summed E-state index contributed by atoms with van der Waals surface area (Å²) in [6.45, 7) is 3.10. The molecule has 0 amide bonds. The van der Waals surface area contributed by atoms with E-state index in [2.05, 4.69) is 6.58 Å². The molecule has 13 N–H and O–H groups in total. The van der Waals surface area contributed by atoms with E-state index in [0.717, 1.165) is 0 Å². The van der Waals surface area contributed by atoms with Gasteiger partial charge in [0.1, 0.15) is 0 Å². The minimum atomic E-state index is -0.935. The minimum absolute atomic E-state index is 0.125. The van der Waals surface area contributed by atoms with Gasteiger partial charge in [-0.25, -0.2) is 4.79 Å². The highest BCUT2D eigenvalue weighted by Crippen LogP contribution is 1.81. The molecule has 190 valence electrons. The first-order valence-electron chi connectivity index (χ1n) is 8.33. The topological polar surface area (TPSA) is 280 Å². The lowest BCUT2D eigenvalue weighted by molar-refractivity contribution is -0.132. The van der Waals surface area contributed by atoms with Crippen LogP contribution in [0.2, 0.25) is 0 Å². The molecule has 14 heteroatoms. The van der Waals surface area contributed by atoms with E-state index in [1.807, 2.05) is 0 Å². The molecule has 0 saturated carbocycles. The molecule has 0 bridgehead atoms. The second-order valence-electron chi connectivity index (χ2n) is 3.77. The number of hydrogen-bond acceptors (Lipinski definition) is 13. The highest BCUT2D eigenvalue weighted by molar-refractivity contribution is 5.84. The van der Waals surface area contributed by atoms with Crippen molar-refractivity contribution < 1.29 is 71.2 Å². The molecule has 0 aliphatic carbocycles. The largest absolute Gasteiger partial charge is 0.478 e. The zero-order valence-corrected chi connectivity index (χ0v) is 17.4. The number of carbonyl (C=O) groups is 1. The van der Waals surface area contributed by atoms with Crippen molar-refractivity contribution >= 4 is 5.97 Å². The molecule has 14 nitrogen and oxygen atoms in total. The summed E-state index contributed by atoms with van der Waals surface area (Å²) >= 11 is 0. The summed E-state index contributed by atoms with van der Waals surface area (Å²) in [7, 11) is 0. The third-order valence-electron chi connectivity index (χ3n) is 0.965. The minimum Gasteiger partial charge on any atom is -0.478 e. The van der Waals surface area contributed by atoms with E-state index in [1.165, 1.54) is 6.92 Å². The molecule has 0 aliphatic heterocycles. The molecular weight excluding hydrogens is 416 g/mol. The number of aliphatic hydroxyl groups is 12. The standard InChI is InChI=1S/C4H6O2.6C2H6O2/c1-3(2)4(5)6;6*3-1-2-4/h1H2,2H3,(H,5,6);6*3-4H,1-2H2. The highest BCUT2D eigenvalue weighted by atomic mass is 16.4. The van der Waals surface area contributed by atoms with Crippen LogP contribution in [0.3, 0.4) is 0 Å². The highest BCUT2D eigenvalue weighted by Gasteiger charge is 1.90. The second-order valence-corrected chi connectivity index (χ2v) is 3.77. The van der Waals surface area contributed by atoms with Crippen molar-refractivity contribution in [2.45, 2.75) is 6.92 Å². The molecule has 0 radical (unpaired) electrons. The Morgan fingerprint density at radius 2 is 0.533 bits per heavy atom. The predicted octanol–water partition coefficient (Wildman–Crippen LogP) is -5.53. The average Bonchev–Trinajstić information content (AvgIpc) is 2.79. The van der Waals surface area contributed by atoms with Crippen LogP contribution in [0.4, 0.5) is 0 Å².